The number of nitrogens with one attached hydrogen (secondary N) is 1. The third-order valence-electron chi connectivity index (χ3n) is 4.87. The molecule has 0 aliphatic carbocycles. The first-order valence-corrected chi connectivity index (χ1v) is 10.4. The predicted molar refractivity (Wildman–Crippen MR) is 103 cm³/mol. The van der Waals surface area contributed by atoms with Crippen LogP contribution in [0, 0.1) is 26.7 Å². The molecule has 1 amide bonds. The molecule has 3 rings (SSSR count). The zero-order valence-electron chi connectivity index (χ0n) is 15.8. The molecule has 0 atom stereocenters. The first-order valence-electron chi connectivity index (χ1n) is 8.95. The average molecular weight is 388 g/mol. The Labute approximate surface area is 159 Å². The monoisotopic (exact) mass is 388 g/mol. The van der Waals surface area contributed by atoms with Crippen molar-refractivity contribution in [1.29, 1.82) is 0 Å². The van der Waals surface area contributed by atoms with Crippen LogP contribution in [0.5, 0.6) is 0 Å². The van der Waals surface area contributed by atoms with Gasteiger partial charge in [0.1, 0.15) is 4.90 Å². The largest absolute Gasteiger partial charge is 0.324 e. The second kappa shape index (κ2) is 7.74. The van der Waals surface area contributed by atoms with Crippen LogP contribution in [0.2, 0.25) is 0 Å². The highest BCUT2D eigenvalue weighted by Gasteiger charge is 2.32. The number of nitrogens with zero attached hydrogens (tertiary/aromatic N) is 3. The summed E-state index contributed by atoms with van der Waals surface area (Å²) < 4.78 is 26.7. The van der Waals surface area contributed by atoms with E-state index in [0.29, 0.717) is 25.9 Å². The van der Waals surface area contributed by atoms with E-state index >= 15 is 0 Å². The molecule has 8 heteroatoms. The van der Waals surface area contributed by atoms with Crippen LogP contribution in [0.3, 0.4) is 0 Å². The predicted octanol–water partition coefficient (Wildman–Crippen LogP) is 2.44. The lowest BCUT2D eigenvalue weighted by Gasteiger charge is -2.30. The van der Waals surface area contributed by atoms with Crippen molar-refractivity contribution < 1.29 is 13.2 Å². The lowest BCUT2D eigenvalue weighted by atomic mass is 9.97. The third-order valence-corrected chi connectivity index (χ3v) is 6.75. The van der Waals surface area contributed by atoms with Gasteiger partial charge in [-0.15, -0.1) is 0 Å². The minimum absolute atomic E-state index is 0.0784. The molecule has 3 heterocycles. The number of amides is 1. The summed E-state index contributed by atoms with van der Waals surface area (Å²) in [6.07, 6.45) is 3.87. The van der Waals surface area contributed by atoms with Crippen molar-refractivity contribution in [2.45, 2.75) is 38.5 Å². The molecule has 0 unspecified atom stereocenters. The first kappa shape index (κ1) is 19.4. The molecule has 1 N–H and O–H groups in total. The maximum Gasteiger partial charge on any atom is 0.244 e. The Morgan fingerprint density at radius 1 is 1.22 bits per heavy atom. The number of hydrogen-bond acceptors (Lipinski definition) is 5. The van der Waals surface area contributed by atoms with Gasteiger partial charge in [-0.25, -0.2) is 8.42 Å². The van der Waals surface area contributed by atoms with E-state index < -0.39 is 10.0 Å². The SMILES string of the molecule is Cc1cc(C)c(NC(=O)C2CCN(S(=O)(=O)c3cccnc3)CC2)c(C)n1. The van der Waals surface area contributed by atoms with Crippen LogP contribution in [0.4, 0.5) is 5.69 Å². The van der Waals surface area contributed by atoms with Crippen molar-refractivity contribution in [3.05, 3.63) is 47.5 Å². The number of carbonyl (C=O) groups is 1. The summed E-state index contributed by atoms with van der Waals surface area (Å²) in [5.41, 5.74) is 3.43. The van der Waals surface area contributed by atoms with Gasteiger partial charge < -0.3 is 5.32 Å². The van der Waals surface area contributed by atoms with Gasteiger partial charge in [-0.1, -0.05) is 0 Å². The lowest BCUT2D eigenvalue weighted by molar-refractivity contribution is -0.120. The van der Waals surface area contributed by atoms with Gasteiger partial charge in [-0.05, 0) is 57.4 Å². The quantitative estimate of drug-likeness (QED) is 0.868. The number of anilines is 1. The molecule has 1 aliphatic heterocycles. The fourth-order valence-electron chi connectivity index (χ4n) is 3.44. The summed E-state index contributed by atoms with van der Waals surface area (Å²) in [4.78, 5) is 21.1. The van der Waals surface area contributed by atoms with Gasteiger partial charge in [0.2, 0.25) is 15.9 Å². The van der Waals surface area contributed by atoms with Gasteiger partial charge in [0.05, 0.1) is 11.4 Å². The Bertz CT molecular complexity index is 914. The Morgan fingerprint density at radius 3 is 2.52 bits per heavy atom. The van der Waals surface area contributed by atoms with Gasteiger partial charge in [-0.2, -0.15) is 4.31 Å². The zero-order chi connectivity index (χ0) is 19.6. The molecular weight excluding hydrogens is 364 g/mol. The molecule has 2 aromatic heterocycles. The second-order valence-electron chi connectivity index (χ2n) is 6.90. The van der Waals surface area contributed by atoms with E-state index in [0.717, 1.165) is 22.6 Å². The smallest absolute Gasteiger partial charge is 0.244 e. The van der Waals surface area contributed by atoms with E-state index in [1.807, 2.05) is 26.8 Å². The number of carbonyl (C=O) groups excluding carboxylic acids is 1. The number of pyridine rings is 2. The van der Waals surface area contributed by atoms with E-state index in [4.69, 9.17) is 0 Å². The van der Waals surface area contributed by atoms with Crippen LogP contribution < -0.4 is 5.32 Å². The number of rotatable bonds is 4. The summed E-state index contributed by atoms with van der Waals surface area (Å²) in [5, 5.41) is 2.98. The minimum atomic E-state index is -3.56. The van der Waals surface area contributed by atoms with E-state index in [1.165, 1.54) is 16.6 Å². The van der Waals surface area contributed by atoms with Gasteiger partial charge in [0.15, 0.2) is 0 Å². The van der Waals surface area contributed by atoms with Crippen LogP contribution in [0.25, 0.3) is 0 Å². The molecule has 0 spiro atoms. The van der Waals surface area contributed by atoms with Crippen LogP contribution in [-0.4, -0.2) is 41.7 Å². The Kier molecular flexibility index (Phi) is 5.57. The highest BCUT2D eigenvalue weighted by molar-refractivity contribution is 7.89. The molecule has 0 radical (unpaired) electrons. The van der Waals surface area contributed by atoms with E-state index in [2.05, 4.69) is 15.3 Å². The van der Waals surface area contributed by atoms with Gasteiger partial charge in [0.25, 0.3) is 0 Å². The molecule has 1 saturated heterocycles. The van der Waals surface area contributed by atoms with Crippen molar-refractivity contribution in [1.82, 2.24) is 14.3 Å². The van der Waals surface area contributed by atoms with E-state index in [-0.39, 0.29) is 16.7 Å². The first-order chi connectivity index (χ1) is 12.8. The van der Waals surface area contributed by atoms with Gasteiger partial charge in [-0.3, -0.25) is 14.8 Å². The number of piperidine rings is 1. The Balaban J connectivity index is 1.65. The Morgan fingerprint density at radius 2 is 1.93 bits per heavy atom. The summed E-state index contributed by atoms with van der Waals surface area (Å²) in [6.45, 7) is 6.38. The van der Waals surface area contributed by atoms with Crippen LogP contribution >= 0.6 is 0 Å². The van der Waals surface area contributed by atoms with Crippen molar-refractivity contribution in [2.24, 2.45) is 5.92 Å². The molecule has 0 bridgehead atoms. The summed E-state index contributed by atoms with van der Waals surface area (Å²) in [5.74, 6) is -0.296. The summed E-state index contributed by atoms with van der Waals surface area (Å²) >= 11 is 0. The van der Waals surface area contributed by atoms with Crippen molar-refractivity contribution in [3.8, 4) is 0 Å². The number of hydrogen-bond donors (Lipinski definition) is 1. The van der Waals surface area contributed by atoms with Crippen molar-refractivity contribution in [3.63, 3.8) is 0 Å². The zero-order valence-corrected chi connectivity index (χ0v) is 16.6. The normalized spacial score (nSPS) is 16.3. The van der Waals surface area contributed by atoms with Crippen molar-refractivity contribution >= 4 is 21.6 Å². The molecule has 1 fully saturated rings. The molecule has 144 valence electrons. The number of sulfonamides is 1. The average Bonchev–Trinajstić information content (AvgIpc) is 2.65. The minimum Gasteiger partial charge on any atom is -0.324 e. The molecular formula is C19H24N4O3S. The molecule has 1 aliphatic rings. The van der Waals surface area contributed by atoms with Crippen molar-refractivity contribution in [2.75, 3.05) is 18.4 Å². The summed E-state index contributed by atoms with van der Waals surface area (Å²) in [7, 11) is -3.56. The Hall–Kier alpha value is -2.32. The topological polar surface area (TPSA) is 92.3 Å². The maximum atomic E-state index is 12.7. The van der Waals surface area contributed by atoms with Crippen LogP contribution in [0.15, 0.2) is 35.5 Å². The molecule has 0 saturated carbocycles. The van der Waals surface area contributed by atoms with Crippen LogP contribution in [-0.2, 0) is 14.8 Å². The van der Waals surface area contributed by atoms with Crippen LogP contribution in [0.1, 0.15) is 29.8 Å². The number of aryl methyl sites for hydroxylation is 3. The number of aromatic nitrogens is 2. The van der Waals surface area contributed by atoms with Gasteiger partial charge in [0, 0.05) is 37.1 Å². The van der Waals surface area contributed by atoms with E-state index in [1.54, 1.807) is 12.3 Å². The maximum absolute atomic E-state index is 12.7. The molecule has 0 aromatic carbocycles. The molecule has 7 nitrogen and oxygen atoms in total. The van der Waals surface area contributed by atoms with E-state index in [9.17, 15) is 13.2 Å². The highest BCUT2D eigenvalue weighted by atomic mass is 32.2. The standard InChI is InChI=1S/C19H24N4O3S/c1-13-11-14(2)21-15(3)18(13)22-19(24)16-6-9-23(10-7-16)27(25,26)17-5-4-8-20-12-17/h4-5,8,11-12,16H,6-7,9-10H2,1-3H3,(H,22,24). The lowest BCUT2D eigenvalue weighted by Crippen LogP contribution is -2.41. The van der Waals surface area contributed by atoms with Gasteiger partial charge >= 0.3 is 0 Å². The molecule has 2 aromatic rings. The molecule has 27 heavy (non-hydrogen) atoms. The fourth-order valence-corrected chi connectivity index (χ4v) is 4.88. The fraction of sp³-hybridized carbons (Fsp3) is 0.421. The third kappa shape index (κ3) is 4.17. The highest BCUT2D eigenvalue weighted by Crippen LogP contribution is 2.26. The second-order valence-corrected chi connectivity index (χ2v) is 8.84. The summed E-state index contributed by atoms with van der Waals surface area (Å²) in [6, 6.07) is 5.08.